The Bertz CT molecular complexity index is 1630. The van der Waals surface area contributed by atoms with Crippen molar-refractivity contribution in [2.45, 2.75) is 51.5 Å². The van der Waals surface area contributed by atoms with Crippen molar-refractivity contribution in [3.8, 4) is 5.75 Å². The quantitative estimate of drug-likeness (QED) is 0.256. The molecule has 3 aromatic heterocycles. The van der Waals surface area contributed by atoms with Gasteiger partial charge >= 0.3 is 12.3 Å². The number of hydrogen-bond donors (Lipinski definition) is 3. The van der Waals surface area contributed by atoms with E-state index >= 15 is 0 Å². The van der Waals surface area contributed by atoms with E-state index in [0.29, 0.717) is 37.8 Å². The Morgan fingerprint density at radius 1 is 1.14 bits per heavy atom. The van der Waals surface area contributed by atoms with Crippen molar-refractivity contribution in [1.82, 2.24) is 30.0 Å². The molecule has 13 nitrogen and oxygen atoms in total. The van der Waals surface area contributed by atoms with Crippen LogP contribution in [0.1, 0.15) is 36.3 Å². The number of benzene rings is 1. The largest absolute Gasteiger partial charge is 0.451 e. The summed E-state index contributed by atoms with van der Waals surface area (Å²) in [7, 11) is 0. The number of nitrogens with one attached hydrogen (secondary N) is 1. The van der Waals surface area contributed by atoms with Gasteiger partial charge < -0.3 is 24.4 Å². The fourth-order valence-corrected chi connectivity index (χ4v) is 6.37. The maximum absolute atomic E-state index is 13.4. The van der Waals surface area contributed by atoms with Crippen molar-refractivity contribution >= 4 is 45.1 Å². The zero-order valence-electron chi connectivity index (χ0n) is 23.0. The van der Waals surface area contributed by atoms with Crippen LogP contribution in [0.25, 0.3) is 10.2 Å². The molecular weight excluding hydrogens is 591 g/mol. The fourth-order valence-electron chi connectivity index (χ4n) is 5.26. The predicted molar refractivity (Wildman–Crippen MR) is 150 cm³/mol. The van der Waals surface area contributed by atoms with Gasteiger partial charge in [0, 0.05) is 31.1 Å². The molecule has 0 bridgehead atoms. The van der Waals surface area contributed by atoms with Gasteiger partial charge in [0.1, 0.15) is 16.4 Å². The molecule has 0 saturated carbocycles. The Balaban J connectivity index is 1.20. The molecule has 43 heavy (non-hydrogen) atoms. The van der Waals surface area contributed by atoms with Gasteiger partial charge in [0.25, 0.3) is 0 Å². The van der Waals surface area contributed by atoms with E-state index in [4.69, 9.17) is 25.1 Å². The first-order valence-corrected chi connectivity index (χ1v) is 14.5. The van der Waals surface area contributed by atoms with Gasteiger partial charge in [-0.15, -0.1) is 26.8 Å². The van der Waals surface area contributed by atoms with Crippen LogP contribution in [-0.4, -0.2) is 66.9 Å². The molecule has 5 heterocycles. The van der Waals surface area contributed by atoms with Crippen molar-refractivity contribution < 1.29 is 33.1 Å². The minimum Gasteiger partial charge on any atom is -0.410 e. The number of aryl methyl sites for hydroxylation is 1. The zero-order chi connectivity index (χ0) is 30.3. The van der Waals surface area contributed by atoms with Gasteiger partial charge in [-0.1, -0.05) is 13.3 Å². The Kier molecular flexibility index (Phi) is 7.70. The number of fused-ring (bicyclic) bond motifs is 2. The van der Waals surface area contributed by atoms with Crippen LogP contribution in [0.4, 0.5) is 35.4 Å². The number of amides is 1. The highest BCUT2D eigenvalue weighted by Crippen LogP contribution is 2.36. The molecule has 1 amide bonds. The smallest absolute Gasteiger partial charge is 0.410 e. The van der Waals surface area contributed by atoms with Crippen LogP contribution in [0, 0.1) is 0 Å². The number of carbonyl (C=O) groups is 1. The molecule has 0 unspecified atom stereocenters. The molecule has 1 fully saturated rings. The second kappa shape index (κ2) is 11.5. The number of ether oxygens (including phenoxy) is 1. The Labute approximate surface area is 247 Å². The topological polar surface area (TPSA) is 145 Å². The summed E-state index contributed by atoms with van der Waals surface area (Å²) in [5.41, 5.74) is 0.112. The number of carbonyl (C=O) groups excluding carboxylic acids is 1. The highest BCUT2D eigenvalue weighted by atomic mass is 32.1. The lowest BCUT2D eigenvalue weighted by molar-refractivity contribution is -0.147. The number of aromatic nitrogens is 5. The van der Waals surface area contributed by atoms with Gasteiger partial charge in [0.05, 0.1) is 23.7 Å². The number of rotatable bonds is 7. The maximum Gasteiger partial charge on any atom is 0.451 e. The molecule has 228 valence electrons. The summed E-state index contributed by atoms with van der Waals surface area (Å²) in [5.74, 6) is 0.562. The molecule has 2 aliphatic heterocycles. The Hall–Kier alpha value is -4.22. The zero-order valence-corrected chi connectivity index (χ0v) is 23.8. The van der Waals surface area contributed by atoms with Gasteiger partial charge in [-0.05, 0) is 43.2 Å². The number of halogens is 3. The lowest BCUT2D eigenvalue weighted by Crippen LogP contribution is -2.39. The van der Waals surface area contributed by atoms with Crippen LogP contribution in [-0.2, 0) is 25.7 Å². The highest BCUT2D eigenvalue weighted by molar-refractivity contribution is 7.18. The maximum atomic E-state index is 13.4. The molecule has 1 saturated heterocycles. The summed E-state index contributed by atoms with van der Waals surface area (Å²) in [6.07, 6.45) is -2.79. The van der Waals surface area contributed by atoms with Crippen LogP contribution < -0.4 is 25.1 Å². The van der Waals surface area contributed by atoms with Gasteiger partial charge in [-0.3, -0.25) is 10.4 Å². The first-order valence-electron chi connectivity index (χ1n) is 13.6. The number of alkyl halides is 3. The van der Waals surface area contributed by atoms with Crippen molar-refractivity contribution in [2.75, 3.05) is 34.7 Å². The van der Waals surface area contributed by atoms with E-state index < -0.39 is 18.1 Å². The van der Waals surface area contributed by atoms with Gasteiger partial charge in [-0.2, -0.15) is 18.2 Å². The van der Waals surface area contributed by atoms with Gasteiger partial charge in [0.15, 0.2) is 5.82 Å². The molecular formula is C26H28F3N9O4S. The van der Waals surface area contributed by atoms with E-state index in [0.717, 1.165) is 32.5 Å². The molecule has 6 rings (SSSR count). The molecule has 0 radical (unpaired) electrons. The number of thiophene rings is 1. The standard InChI is InChI=1S/C26H28F3N9O4S/c1-2-3-18-12-19-21(35-10-11-37-20(14-35)33-34-23(37)26(27,28)29)31-24(32-22(19)43-18)36-9-8-15(13-36)30-25(39)42-17-6-4-16(5-7-17)38(40)41/h4-7,12,15,40-41H,2-3,8-11,13-14H2,1H3,(H,30,39)/t15-/m0/s1. The third-order valence-electron chi connectivity index (χ3n) is 7.29. The van der Waals surface area contributed by atoms with E-state index in [1.165, 1.54) is 24.3 Å². The van der Waals surface area contributed by atoms with E-state index in [1.807, 2.05) is 9.80 Å². The highest BCUT2D eigenvalue weighted by Gasteiger charge is 2.40. The lowest BCUT2D eigenvalue weighted by Gasteiger charge is -2.30. The summed E-state index contributed by atoms with van der Waals surface area (Å²) >= 11 is 1.57. The minimum absolute atomic E-state index is 0.0382. The van der Waals surface area contributed by atoms with Crippen LogP contribution in [0.5, 0.6) is 5.75 Å². The van der Waals surface area contributed by atoms with Gasteiger partial charge in [0.2, 0.25) is 11.8 Å². The van der Waals surface area contributed by atoms with Crippen molar-refractivity contribution in [3.63, 3.8) is 0 Å². The lowest BCUT2D eigenvalue weighted by atomic mass is 10.2. The van der Waals surface area contributed by atoms with Crippen LogP contribution in [0.3, 0.4) is 0 Å². The molecule has 0 spiro atoms. The molecule has 1 aromatic carbocycles. The third-order valence-corrected chi connectivity index (χ3v) is 8.37. The monoisotopic (exact) mass is 619 g/mol. The SMILES string of the molecule is CCCc1cc2c(N3CCn4c(nnc4C(F)(F)F)C3)nc(N3CC[C@H](NC(=O)Oc4ccc(N(O)O)cc4)C3)nc2s1. The van der Waals surface area contributed by atoms with Crippen LogP contribution >= 0.6 is 11.3 Å². The average Bonchev–Trinajstić information content (AvgIpc) is 3.70. The van der Waals surface area contributed by atoms with Gasteiger partial charge in [-0.25, -0.2) is 9.78 Å². The molecule has 3 N–H and O–H groups in total. The van der Waals surface area contributed by atoms with E-state index in [2.05, 4.69) is 28.5 Å². The average molecular weight is 620 g/mol. The van der Waals surface area contributed by atoms with Crippen LogP contribution in [0.15, 0.2) is 30.3 Å². The Morgan fingerprint density at radius 3 is 2.65 bits per heavy atom. The molecule has 17 heteroatoms. The van der Waals surface area contributed by atoms with E-state index in [1.54, 1.807) is 11.3 Å². The Morgan fingerprint density at radius 2 is 1.93 bits per heavy atom. The summed E-state index contributed by atoms with van der Waals surface area (Å²) in [6.45, 7) is 3.59. The summed E-state index contributed by atoms with van der Waals surface area (Å²) in [5, 5.41) is 29.0. The summed E-state index contributed by atoms with van der Waals surface area (Å²) in [6, 6.07) is 7.43. The second-order valence-corrected chi connectivity index (χ2v) is 11.4. The third kappa shape index (κ3) is 6.00. The first kappa shape index (κ1) is 28.9. The molecule has 2 aliphatic rings. The minimum atomic E-state index is -4.58. The summed E-state index contributed by atoms with van der Waals surface area (Å²) < 4.78 is 46.6. The second-order valence-electron chi connectivity index (χ2n) is 10.3. The molecule has 1 atom stereocenters. The van der Waals surface area contributed by atoms with Crippen molar-refractivity contribution in [3.05, 3.63) is 46.9 Å². The number of anilines is 3. The first-order chi connectivity index (χ1) is 20.6. The number of nitrogens with zero attached hydrogens (tertiary/aromatic N) is 8. The number of hydrogen-bond acceptors (Lipinski definition) is 12. The van der Waals surface area contributed by atoms with Crippen molar-refractivity contribution in [2.24, 2.45) is 0 Å². The predicted octanol–water partition coefficient (Wildman–Crippen LogP) is 4.23. The van der Waals surface area contributed by atoms with Crippen LogP contribution in [0.2, 0.25) is 0 Å². The van der Waals surface area contributed by atoms with Crippen molar-refractivity contribution in [1.29, 1.82) is 0 Å². The molecule has 0 aliphatic carbocycles. The van der Waals surface area contributed by atoms with E-state index in [9.17, 15) is 18.0 Å². The summed E-state index contributed by atoms with van der Waals surface area (Å²) in [4.78, 5) is 28.1. The van der Waals surface area contributed by atoms with E-state index in [-0.39, 0.29) is 41.6 Å². The normalized spacial score (nSPS) is 16.9. The molecule has 4 aromatic rings. The fraction of sp³-hybridized carbons (Fsp3) is 0.423.